The highest BCUT2D eigenvalue weighted by atomic mass is 32.1. The summed E-state index contributed by atoms with van der Waals surface area (Å²) in [6.45, 7) is 0. The van der Waals surface area contributed by atoms with Gasteiger partial charge in [-0.3, -0.25) is 19.5 Å². The molecule has 27 heavy (non-hydrogen) atoms. The van der Waals surface area contributed by atoms with E-state index in [1.165, 1.54) is 47.0 Å². The van der Waals surface area contributed by atoms with Crippen molar-refractivity contribution in [3.05, 3.63) is 77.1 Å². The second-order valence-electron chi connectivity index (χ2n) is 5.81. The molecule has 1 atom stereocenters. The summed E-state index contributed by atoms with van der Waals surface area (Å²) in [7, 11) is 0. The van der Waals surface area contributed by atoms with Gasteiger partial charge in [-0.25, -0.2) is 4.98 Å². The molecule has 1 saturated heterocycles. The third-order valence-electron chi connectivity index (χ3n) is 4.23. The van der Waals surface area contributed by atoms with Crippen LogP contribution in [-0.2, 0) is 9.59 Å². The highest BCUT2D eigenvalue weighted by Gasteiger charge is 2.47. The number of amides is 1. The van der Waals surface area contributed by atoms with E-state index in [2.05, 4.69) is 9.97 Å². The Labute approximate surface area is 157 Å². The molecule has 1 aliphatic heterocycles. The van der Waals surface area contributed by atoms with Crippen molar-refractivity contribution in [1.82, 2.24) is 9.97 Å². The normalized spacial score (nSPS) is 18.8. The number of thiazole rings is 1. The van der Waals surface area contributed by atoms with Crippen molar-refractivity contribution >= 4 is 33.9 Å². The fourth-order valence-corrected chi connectivity index (χ4v) is 3.67. The van der Waals surface area contributed by atoms with Crippen LogP contribution in [0.1, 0.15) is 17.2 Å². The first-order chi connectivity index (χ1) is 13.1. The molecule has 0 saturated carbocycles. The largest absolute Gasteiger partial charge is 0.508 e. The summed E-state index contributed by atoms with van der Waals surface area (Å²) in [6, 6.07) is 8.39. The molecule has 7 nitrogen and oxygen atoms in total. The minimum Gasteiger partial charge on any atom is -0.508 e. The third kappa shape index (κ3) is 2.85. The topological polar surface area (TPSA) is 104 Å². The molecule has 0 spiro atoms. The number of aromatic nitrogens is 2. The number of carbonyl (C=O) groups is 2. The smallest absolute Gasteiger partial charge is 0.301 e. The summed E-state index contributed by atoms with van der Waals surface area (Å²) < 4.78 is 0. The van der Waals surface area contributed by atoms with Crippen LogP contribution in [0.15, 0.2) is 65.9 Å². The van der Waals surface area contributed by atoms with Crippen LogP contribution in [0.2, 0.25) is 0 Å². The summed E-state index contributed by atoms with van der Waals surface area (Å²) in [6.07, 6.45) is 4.51. The number of carbonyl (C=O) groups excluding carboxylic acids is 2. The first-order valence-electron chi connectivity index (χ1n) is 7.97. The first kappa shape index (κ1) is 16.9. The van der Waals surface area contributed by atoms with E-state index in [9.17, 15) is 19.8 Å². The Balaban J connectivity index is 1.94. The van der Waals surface area contributed by atoms with Gasteiger partial charge in [0.05, 0.1) is 11.6 Å². The number of Topliss-reactive ketones (excluding diaryl/α,β-unsaturated/α-hetero) is 1. The molecule has 4 rings (SSSR count). The number of aliphatic hydroxyl groups excluding tert-OH is 1. The van der Waals surface area contributed by atoms with E-state index in [1.54, 1.807) is 29.6 Å². The molecule has 3 aromatic rings. The molecule has 8 heteroatoms. The van der Waals surface area contributed by atoms with Gasteiger partial charge < -0.3 is 10.2 Å². The minimum atomic E-state index is -0.857. The number of pyridine rings is 1. The van der Waals surface area contributed by atoms with Crippen LogP contribution in [0, 0.1) is 0 Å². The van der Waals surface area contributed by atoms with Crippen LogP contribution in [0.3, 0.4) is 0 Å². The lowest BCUT2D eigenvalue weighted by atomic mass is 9.95. The Kier molecular flexibility index (Phi) is 4.17. The van der Waals surface area contributed by atoms with Crippen LogP contribution in [0.25, 0.3) is 5.76 Å². The van der Waals surface area contributed by atoms with Crippen LogP contribution < -0.4 is 4.90 Å². The lowest BCUT2D eigenvalue weighted by Gasteiger charge is -2.22. The number of hydrogen-bond acceptors (Lipinski definition) is 7. The molecule has 1 amide bonds. The van der Waals surface area contributed by atoms with Crippen molar-refractivity contribution in [2.45, 2.75) is 6.04 Å². The molecule has 3 heterocycles. The Morgan fingerprint density at radius 2 is 1.74 bits per heavy atom. The molecular weight excluding hydrogens is 366 g/mol. The van der Waals surface area contributed by atoms with Gasteiger partial charge in [0.25, 0.3) is 5.78 Å². The van der Waals surface area contributed by atoms with Gasteiger partial charge >= 0.3 is 5.91 Å². The Hall–Kier alpha value is -3.52. The average Bonchev–Trinajstić information content (AvgIpc) is 3.30. The van der Waals surface area contributed by atoms with Crippen molar-refractivity contribution < 1.29 is 19.8 Å². The average molecular weight is 379 g/mol. The van der Waals surface area contributed by atoms with Crippen molar-refractivity contribution in [3.63, 3.8) is 0 Å². The van der Waals surface area contributed by atoms with Gasteiger partial charge in [-0.1, -0.05) is 12.1 Å². The van der Waals surface area contributed by atoms with Gasteiger partial charge in [0.1, 0.15) is 11.5 Å². The second kappa shape index (κ2) is 6.65. The number of nitrogens with zero attached hydrogens (tertiary/aromatic N) is 3. The fraction of sp³-hybridized carbons (Fsp3) is 0.0526. The maximum Gasteiger partial charge on any atom is 0.301 e. The van der Waals surface area contributed by atoms with Gasteiger partial charge in [0, 0.05) is 29.5 Å². The van der Waals surface area contributed by atoms with E-state index < -0.39 is 17.7 Å². The van der Waals surface area contributed by atoms with Gasteiger partial charge in [-0.15, -0.1) is 11.3 Å². The summed E-state index contributed by atoms with van der Waals surface area (Å²) in [5.74, 6) is -1.79. The van der Waals surface area contributed by atoms with Crippen LogP contribution in [0.4, 0.5) is 5.13 Å². The van der Waals surface area contributed by atoms with Crippen LogP contribution in [-0.4, -0.2) is 31.9 Å². The van der Waals surface area contributed by atoms with Gasteiger partial charge in [-0.05, 0) is 29.8 Å². The molecule has 2 aromatic heterocycles. The SMILES string of the molecule is O=C1C(=O)N(c2nccs2)C(c2ccc(O)cc2)C1=C(O)c1ccncc1. The summed E-state index contributed by atoms with van der Waals surface area (Å²) in [4.78, 5) is 34.8. The van der Waals surface area contributed by atoms with E-state index in [4.69, 9.17) is 0 Å². The molecule has 0 aliphatic carbocycles. The predicted octanol–water partition coefficient (Wildman–Crippen LogP) is 2.87. The number of aromatic hydroxyl groups is 1. The highest BCUT2D eigenvalue weighted by Crippen LogP contribution is 2.42. The molecule has 134 valence electrons. The summed E-state index contributed by atoms with van der Waals surface area (Å²) in [5, 5.41) is 22.4. The van der Waals surface area contributed by atoms with E-state index in [0.717, 1.165) is 0 Å². The summed E-state index contributed by atoms with van der Waals surface area (Å²) in [5.41, 5.74) is 0.913. The van der Waals surface area contributed by atoms with E-state index >= 15 is 0 Å². The van der Waals surface area contributed by atoms with Gasteiger partial charge in [0.15, 0.2) is 5.13 Å². The van der Waals surface area contributed by atoms with Gasteiger partial charge in [0.2, 0.25) is 0 Å². The molecule has 1 aromatic carbocycles. The Morgan fingerprint density at radius 3 is 2.37 bits per heavy atom. The van der Waals surface area contributed by atoms with Crippen molar-refractivity contribution in [3.8, 4) is 5.75 Å². The van der Waals surface area contributed by atoms with Crippen LogP contribution in [0.5, 0.6) is 5.75 Å². The van der Waals surface area contributed by atoms with E-state index in [-0.39, 0.29) is 17.1 Å². The van der Waals surface area contributed by atoms with E-state index in [0.29, 0.717) is 16.3 Å². The standard InChI is InChI=1S/C19H13N3O4S/c23-13-3-1-11(2-4-13)15-14(16(24)12-5-7-20-8-6-12)17(25)18(26)22(15)19-21-9-10-27-19/h1-10,15,23-24H. The predicted molar refractivity (Wildman–Crippen MR) is 99.2 cm³/mol. The number of benzene rings is 1. The molecule has 2 N–H and O–H groups in total. The maximum atomic E-state index is 12.8. The molecule has 1 aliphatic rings. The molecule has 1 fully saturated rings. The fourth-order valence-electron chi connectivity index (χ4n) is 3.00. The number of hydrogen-bond donors (Lipinski definition) is 2. The minimum absolute atomic E-state index is 0.0351. The number of rotatable bonds is 3. The molecular formula is C19H13N3O4S. The Morgan fingerprint density at radius 1 is 1.04 bits per heavy atom. The number of phenolic OH excluding ortho intramolecular Hbond substituents is 1. The Bertz CT molecular complexity index is 1030. The van der Waals surface area contributed by atoms with Crippen LogP contribution >= 0.6 is 11.3 Å². The lowest BCUT2D eigenvalue weighted by Crippen LogP contribution is -2.29. The zero-order valence-electron chi connectivity index (χ0n) is 13.8. The second-order valence-corrected chi connectivity index (χ2v) is 6.68. The van der Waals surface area contributed by atoms with Crippen molar-refractivity contribution in [2.75, 3.05) is 4.90 Å². The quantitative estimate of drug-likeness (QED) is 0.412. The molecule has 0 bridgehead atoms. The van der Waals surface area contributed by atoms with E-state index in [1.807, 2.05) is 0 Å². The zero-order valence-corrected chi connectivity index (χ0v) is 14.6. The zero-order chi connectivity index (χ0) is 19.0. The summed E-state index contributed by atoms with van der Waals surface area (Å²) >= 11 is 1.22. The van der Waals surface area contributed by atoms with Crippen molar-refractivity contribution in [1.29, 1.82) is 0 Å². The third-order valence-corrected chi connectivity index (χ3v) is 5.00. The number of aliphatic hydroxyl groups is 1. The highest BCUT2D eigenvalue weighted by molar-refractivity contribution is 7.14. The van der Waals surface area contributed by atoms with Crippen molar-refractivity contribution in [2.24, 2.45) is 0 Å². The number of ketones is 1. The molecule has 1 unspecified atom stereocenters. The number of anilines is 1. The lowest BCUT2D eigenvalue weighted by molar-refractivity contribution is -0.132. The monoisotopic (exact) mass is 379 g/mol. The van der Waals surface area contributed by atoms with Gasteiger partial charge in [-0.2, -0.15) is 0 Å². The maximum absolute atomic E-state index is 12.8. The first-order valence-corrected chi connectivity index (χ1v) is 8.85. The number of phenols is 1. The molecule has 0 radical (unpaired) electrons.